The van der Waals surface area contributed by atoms with Crippen molar-refractivity contribution >= 4 is 46.0 Å². The minimum absolute atomic E-state index is 0.132. The fourth-order valence-corrected chi connectivity index (χ4v) is 3.07. The Labute approximate surface area is 181 Å². The summed E-state index contributed by atoms with van der Waals surface area (Å²) in [6.07, 6.45) is -0.641. The molecule has 0 aliphatic carbocycles. The molecule has 11 heteroatoms. The summed E-state index contributed by atoms with van der Waals surface area (Å²) in [7, 11) is 0. The van der Waals surface area contributed by atoms with E-state index in [2.05, 4.69) is 20.6 Å². The van der Waals surface area contributed by atoms with Crippen molar-refractivity contribution in [1.29, 1.82) is 0 Å². The number of benzene rings is 1. The summed E-state index contributed by atoms with van der Waals surface area (Å²) in [6, 6.07) is 2.20. The number of hydrogen-bond donors (Lipinski definition) is 2. The lowest BCUT2D eigenvalue weighted by Crippen LogP contribution is -2.31. The molecule has 0 radical (unpaired) electrons. The Hall–Kier alpha value is -3.47. The second kappa shape index (κ2) is 8.72. The van der Waals surface area contributed by atoms with Gasteiger partial charge in [0.2, 0.25) is 5.88 Å². The number of thiazole rings is 1. The van der Waals surface area contributed by atoms with Gasteiger partial charge in [-0.2, -0.15) is 4.98 Å². The number of ether oxygens (including phenoxy) is 2. The van der Waals surface area contributed by atoms with E-state index in [0.29, 0.717) is 16.8 Å². The summed E-state index contributed by atoms with van der Waals surface area (Å²) < 4.78 is 15.6. The summed E-state index contributed by atoms with van der Waals surface area (Å²) in [6.45, 7) is 8.45. The number of nitrogens with zero attached hydrogens (tertiary/aromatic N) is 2. The Morgan fingerprint density at radius 1 is 1.26 bits per heavy atom. The van der Waals surface area contributed by atoms with Crippen molar-refractivity contribution in [1.82, 2.24) is 9.97 Å². The van der Waals surface area contributed by atoms with E-state index in [1.165, 1.54) is 11.3 Å². The first kappa shape index (κ1) is 22.2. The third-order valence-electron chi connectivity index (χ3n) is 4.00. The van der Waals surface area contributed by atoms with Gasteiger partial charge in [-0.1, -0.05) is 0 Å². The van der Waals surface area contributed by atoms with Crippen LogP contribution in [0.4, 0.5) is 16.5 Å². The molecule has 2 aromatic heterocycles. The van der Waals surface area contributed by atoms with Gasteiger partial charge in [0.1, 0.15) is 11.6 Å². The van der Waals surface area contributed by atoms with Gasteiger partial charge in [-0.3, -0.25) is 5.32 Å². The zero-order valence-electron chi connectivity index (χ0n) is 17.6. The molecule has 3 rings (SSSR count). The number of carbonyl (C=O) groups is 2. The van der Waals surface area contributed by atoms with Crippen LogP contribution in [0.25, 0.3) is 10.9 Å². The molecular weight excluding hydrogens is 424 g/mol. The second-order valence-corrected chi connectivity index (χ2v) is 8.40. The number of nitrogens with one attached hydrogen (secondary N) is 2. The maximum absolute atomic E-state index is 12.6. The third kappa shape index (κ3) is 5.57. The maximum atomic E-state index is 12.6. The predicted molar refractivity (Wildman–Crippen MR) is 116 cm³/mol. The molecule has 2 N–H and O–H groups in total. The van der Waals surface area contributed by atoms with Crippen LogP contribution in [0.1, 0.15) is 33.3 Å². The van der Waals surface area contributed by atoms with E-state index in [1.807, 2.05) is 0 Å². The van der Waals surface area contributed by atoms with Gasteiger partial charge in [-0.25, -0.2) is 19.4 Å². The van der Waals surface area contributed by atoms with E-state index in [4.69, 9.17) is 13.9 Å². The minimum Gasteiger partial charge on any atom is -0.444 e. The van der Waals surface area contributed by atoms with Crippen molar-refractivity contribution in [2.75, 3.05) is 10.6 Å². The van der Waals surface area contributed by atoms with Gasteiger partial charge in [0.15, 0.2) is 0 Å². The fraction of sp³-hybridized carbons (Fsp3) is 0.350. The minimum atomic E-state index is -0.844. The summed E-state index contributed by atoms with van der Waals surface area (Å²) in [5.74, 6) is -0.416. The number of rotatable bonds is 5. The summed E-state index contributed by atoms with van der Waals surface area (Å²) in [5, 5.41) is 7.12. The highest BCUT2D eigenvalue weighted by atomic mass is 32.1. The van der Waals surface area contributed by atoms with Crippen molar-refractivity contribution in [2.24, 2.45) is 0 Å². The number of fused-ring (bicyclic) bond motifs is 1. The normalized spacial score (nSPS) is 12.3. The van der Waals surface area contributed by atoms with Crippen LogP contribution in [0.3, 0.4) is 0 Å². The van der Waals surface area contributed by atoms with Crippen LogP contribution in [0, 0.1) is 6.92 Å². The topological polar surface area (TPSA) is 133 Å². The highest BCUT2D eigenvalue weighted by Crippen LogP contribution is 2.24. The lowest BCUT2D eigenvalue weighted by molar-refractivity contribution is -0.135. The van der Waals surface area contributed by atoms with Crippen LogP contribution < -0.4 is 21.0 Å². The van der Waals surface area contributed by atoms with Crippen LogP contribution in [0.2, 0.25) is 0 Å². The molecule has 3 aromatic rings. The molecule has 1 atom stereocenters. The van der Waals surface area contributed by atoms with Gasteiger partial charge in [-0.05, 0) is 52.3 Å². The predicted octanol–water partition coefficient (Wildman–Crippen LogP) is 3.71. The van der Waals surface area contributed by atoms with E-state index in [-0.39, 0.29) is 17.3 Å². The van der Waals surface area contributed by atoms with Crippen LogP contribution in [-0.2, 0) is 9.53 Å². The lowest BCUT2D eigenvalue weighted by atomic mass is 10.1. The molecule has 2 heterocycles. The summed E-state index contributed by atoms with van der Waals surface area (Å²) in [5.41, 5.74) is 1.43. The smallest absolute Gasteiger partial charge is 0.412 e. The van der Waals surface area contributed by atoms with E-state index in [9.17, 15) is 14.4 Å². The number of amides is 1. The first-order chi connectivity index (χ1) is 14.5. The summed E-state index contributed by atoms with van der Waals surface area (Å²) in [4.78, 5) is 44.9. The molecule has 0 aliphatic rings. The van der Waals surface area contributed by atoms with Gasteiger partial charge in [0.05, 0.1) is 21.8 Å². The molecule has 10 nitrogen and oxygen atoms in total. The fourth-order valence-electron chi connectivity index (χ4n) is 2.62. The molecule has 0 saturated heterocycles. The van der Waals surface area contributed by atoms with Crippen molar-refractivity contribution < 1.29 is 23.5 Å². The number of anilines is 2. The molecule has 0 bridgehead atoms. The van der Waals surface area contributed by atoms with E-state index < -0.39 is 29.3 Å². The first-order valence-electron chi connectivity index (χ1n) is 9.34. The zero-order chi connectivity index (χ0) is 22.8. The zero-order valence-corrected chi connectivity index (χ0v) is 18.5. The maximum Gasteiger partial charge on any atom is 0.412 e. The Bertz CT molecular complexity index is 1170. The van der Waals surface area contributed by atoms with E-state index >= 15 is 0 Å². The molecule has 0 saturated carbocycles. The van der Waals surface area contributed by atoms with E-state index in [1.54, 1.807) is 57.6 Å². The molecule has 164 valence electrons. The average Bonchev–Trinajstić information content (AvgIpc) is 3.15. The van der Waals surface area contributed by atoms with Gasteiger partial charge < -0.3 is 19.2 Å². The van der Waals surface area contributed by atoms with E-state index in [0.717, 1.165) is 0 Å². The van der Waals surface area contributed by atoms with Gasteiger partial charge in [0.25, 0.3) is 6.01 Å². The van der Waals surface area contributed by atoms with Crippen molar-refractivity contribution in [3.63, 3.8) is 0 Å². The van der Waals surface area contributed by atoms with Crippen molar-refractivity contribution in [3.8, 4) is 5.88 Å². The van der Waals surface area contributed by atoms with Crippen LogP contribution in [-0.4, -0.2) is 33.7 Å². The first-order valence-corrected chi connectivity index (χ1v) is 10.3. The van der Waals surface area contributed by atoms with Crippen LogP contribution in [0.15, 0.2) is 32.2 Å². The molecular formula is C20H22N4O6S. The number of carbonyl (C=O) groups excluding carboxylic acids is 2. The average molecular weight is 446 g/mol. The molecule has 0 unspecified atom stereocenters. The third-order valence-corrected chi connectivity index (χ3v) is 4.57. The van der Waals surface area contributed by atoms with Gasteiger partial charge in [0, 0.05) is 5.69 Å². The Morgan fingerprint density at radius 2 is 2.00 bits per heavy atom. The Balaban J connectivity index is 1.80. The van der Waals surface area contributed by atoms with Crippen molar-refractivity contribution in [2.45, 2.75) is 46.3 Å². The SMILES string of the molecule is Cc1c(NC(=O)OC(C)(C)C)ccc2nc(N[C@@H](C)C(=O)Oc3cscn3)oc(=O)c12. The van der Waals surface area contributed by atoms with Crippen molar-refractivity contribution in [3.05, 3.63) is 39.0 Å². The van der Waals surface area contributed by atoms with Gasteiger partial charge in [-0.15, -0.1) is 11.3 Å². The molecule has 31 heavy (non-hydrogen) atoms. The highest BCUT2D eigenvalue weighted by molar-refractivity contribution is 7.07. The number of aryl methyl sites for hydroxylation is 1. The standard InChI is InChI=1S/C20H22N4O6S/c1-10-12(24-19(27)30-20(3,4)5)6-7-13-15(10)17(26)29-18(23-13)22-11(2)16(25)28-14-8-31-9-21-14/h6-9,11H,1-5H3,(H,22,23)(H,24,27)/t11-/m0/s1. The number of esters is 1. The number of aromatic nitrogens is 2. The monoisotopic (exact) mass is 446 g/mol. The molecule has 1 amide bonds. The highest BCUT2D eigenvalue weighted by Gasteiger charge is 2.21. The van der Waals surface area contributed by atoms with Gasteiger partial charge >= 0.3 is 17.7 Å². The Kier molecular flexibility index (Phi) is 6.25. The summed E-state index contributed by atoms with van der Waals surface area (Å²) >= 11 is 1.29. The largest absolute Gasteiger partial charge is 0.444 e. The molecule has 0 spiro atoms. The van der Waals surface area contributed by atoms with Crippen LogP contribution >= 0.6 is 11.3 Å². The lowest BCUT2D eigenvalue weighted by Gasteiger charge is -2.20. The second-order valence-electron chi connectivity index (χ2n) is 7.68. The quantitative estimate of drug-likeness (QED) is 0.563. The molecule has 0 aliphatic heterocycles. The molecule has 1 aromatic carbocycles. The molecule has 0 fully saturated rings. The van der Waals surface area contributed by atoms with Crippen LogP contribution in [0.5, 0.6) is 5.88 Å². The number of hydrogen-bond acceptors (Lipinski definition) is 10. The Morgan fingerprint density at radius 3 is 2.65 bits per heavy atom.